The Morgan fingerprint density at radius 2 is 1.78 bits per heavy atom. The highest BCUT2D eigenvalue weighted by molar-refractivity contribution is 7.16. The first-order valence-electron chi connectivity index (χ1n) is 13.4. The topological polar surface area (TPSA) is 32.3 Å². The Kier molecular flexibility index (Phi) is 8.82. The number of amides is 1. The van der Waals surface area contributed by atoms with E-state index in [1.54, 1.807) is 11.3 Å². The van der Waals surface area contributed by atoms with Crippen molar-refractivity contribution in [1.82, 2.24) is 4.90 Å². The number of hydrogen-bond donors (Lipinski definition) is 1. The van der Waals surface area contributed by atoms with Crippen molar-refractivity contribution in [3.63, 3.8) is 0 Å². The van der Waals surface area contributed by atoms with Gasteiger partial charge in [-0.15, -0.1) is 11.3 Å². The maximum absolute atomic E-state index is 13.0. The second-order valence-corrected chi connectivity index (χ2v) is 12.1. The third kappa shape index (κ3) is 6.71. The maximum atomic E-state index is 13.0. The monoisotopic (exact) mass is 520 g/mol. The predicted octanol–water partition coefficient (Wildman–Crippen LogP) is 8.15. The number of anilines is 1. The SMILES string of the molecule is CCCCc1ccc(CC(=O)Nc2cc3c(s2)[C@H](C(C)C)N(C[C@H]2CC[C@H](C(F)(F)F)CC2)C3)cc1. The van der Waals surface area contributed by atoms with Gasteiger partial charge in [0.1, 0.15) is 0 Å². The van der Waals surface area contributed by atoms with Crippen molar-refractivity contribution in [2.75, 3.05) is 11.9 Å². The number of halogens is 3. The summed E-state index contributed by atoms with van der Waals surface area (Å²) in [7, 11) is 0. The van der Waals surface area contributed by atoms with E-state index in [-0.39, 0.29) is 24.8 Å². The molecule has 1 aliphatic carbocycles. The molecular weight excluding hydrogens is 481 g/mol. The molecule has 0 radical (unpaired) electrons. The summed E-state index contributed by atoms with van der Waals surface area (Å²) in [5.41, 5.74) is 3.58. The lowest BCUT2D eigenvalue weighted by molar-refractivity contribution is -0.184. The smallest absolute Gasteiger partial charge is 0.317 e. The van der Waals surface area contributed by atoms with Crippen molar-refractivity contribution >= 4 is 22.2 Å². The zero-order valence-corrected chi connectivity index (χ0v) is 22.5. The van der Waals surface area contributed by atoms with Crippen LogP contribution >= 0.6 is 11.3 Å². The van der Waals surface area contributed by atoms with Crippen LogP contribution in [0.25, 0.3) is 0 Å². The summed E-state index contributed by atoms with van der Waals surface area (Å²) in [5, 5.41) is 3.99. The van der Waals surface area contributed by atoms with Gasteiger partial charge in [-0.1, -0.05) is 51.5 Å². The molecule has 7 heteroatoms. The highest BCUT2D eigenvalue weighted by atomic mass is 32.1. The lowest BCUT2D eigenvalue weighted by Crippen LogP contribution is -2.35. The van der Waals surface area contributed by atoms with E-state index in [1.807, 2.05) is 12.1 Å². The lowest BCUT2D eigenvalue weighted by atomic mass is 9.81. The Bertz CT molecular complexity index is 1010. The van der Waals surface area contributed by atoms with Crippen LogP contribution in [0, 0.1) is 17.8 Å². The minimum absolute atomic E-state index is 0.00407. The molecule has 0 unspecified atom stereocenters. The van der Waals surface area contributed by atoms with E-state index < -0.39 is 12.1 Å². The standard InChI is InChI=1S/C29H39F3N2OS/c1-4-5-6-20-7-9-21(10-8-20)15-25(35)33-26-16-23-18-34(27(19(2)3)28(23)36-26)17-22-11-13-24(14-12-22)29(30,31)32/h7-10,16,19,22,24,27H,4-6,11-15,17-18H2,1-3H3,(H,33,35)/t22-,24-,27-/m0/s1. The molecule has 1 aliphatic heterocycles. The molecule has 198 valence electrons. The summed E-state index contributed by atoms with van der Waals surface area (Å²) in [6, 6.07) is 10.7. The van der Waals surface area contributed by atoms with E-state index in [1.165, 1.54) is 28.8 Å². The molecule has 1 amide bonds. The fraction of sp³-hybridized carbons (Fsp3) is 0.621. The largest absolute Gasteiger partial charge is 0.391 e. The van der Waals surface area contributed by atoms with Crippen molar-refractivity contribution in [2.24, 2.45) is 17.8 Å². The zero-order chi connectivity index (χ0) is 25.9. The van der Waals surface area contributed by atoms with Crippen LogP contribution in [0.4, 0.5) is 18.2 Å². The summed E-state index contributed by atoms with van der Waals surface area (Å²) < 4.78 is 39.1. The molecule has 1 aromatic carbocycles. The highest BCUT2D eigenvalue weighted by Crippen LogP contribution is 2.47. The van der Waals surface area contributed by atoms with E-state index in [0.717, 1.165) is 30.1 Å². The minimum atomic E-state index is -4.05. The van der Waals surface area contributed by atoms with Crippen LogP contribution in [0.3, 0.4) is 0 Å². The number of thiophene rings is 1. The zero-order valence-electron chi connectivity index (χ0n) is 21.7. The van der Waals surface area contributed by atoms with Gasteiger partial charge in [0.15, 0.2) is 0 Å². The molecule has 1 N–H and O–H groups in total. The number of benzene rings is 1. The maximum Gasteiger partial charge on any atom is 0.391 e. The molecule has 1 atom stereocenters. The summed E-state index contributed by atoms with van der Waals surface area (Å²) in [4.78, 5) is 16.5. The van der Waals surface area contributed by atoms with Gasteiger partial charge in [0, 0.05) is 24.0 Å². The van der Waals surface area contributed by atoms with E-state index in [0.29, 0.717) is 31.1 Å². The second-order valence-electron chi connectivity index (χ2n) is 11.0. The van der Waals surface area contributed by atoms with Gasteiger partial charge in [0.2, 0.25) is 5.91 Å². The quantitative estimate of drug-likeness (QED) is 0.362. The van der Waals surface area contributed by atoms with Crippen LogP contribution in [0.5, 0.6) is 0 Å². The van der Waals surface area contributed by atoms with Crippen LogP contribution in [0.1, 0.15) is 86.9 Å². The number of rotatable bonds is 9. The van der Waals surface area contributed by atoms with Gasteiger partial charge >= 0.3 is 6.18 Å². The van der Waals surface area contributed by atoms with Crippen molar-refractivity contribution in [1.29, 1.82) is 0 Å². The predicted molar refractivity (Wildman–Crippen MR) is 141 cm³/mol. The van der Waals surface area contributed by atoms with Gasteiger partial charge in [0.05, 0.1) is 17.3 Å². The molecule has 0 spiro atoms. The van der Waals surface area contributed by atoms with Crippen LogP contribution in [-0.4, -0.2) is 23.5 Å². The molecule has 2 heterocycles. The number of carbonyl (C=O) groups excluding carboxylic acids is 1. The molecule has 36 heavy (non-hydrogen) atoms. The van der Waals surface area contributed by atoms with Gasteiger partial charge in [-0.05, 0) is 73.1 Å². The molecular formula is C29H39F3N2OS. The fourth-order valence-corrected chi connectivity index (χ4v) is 7.24. The van der Waals surface area contributed by atoms with E-state index >= 15 is 0 Å². The molecule has 1 fully saturated rings. The van der Waals surface area contributed by atoms with Crippen LogP contribution in [0.2, 0.25) is 0 Å². The van der Waals surface area contributed by atoms with Crippen molar-refractivity contribution in [2.45, 2.75) is 90.9 Å². The van der Waals surface area contributed by atoms with Gasteiger partial charge < -0.3 is 5.32 Å². The first-order valence-corrected chi connectivity index (χ1v) is 14.3. The molecule has 0 bridgehead atoms. The first kappa shape index (κ1) is 27.2. The second kappa shape index (κ2) is 11.7. The van der Waals surface area contributed by atoms with Crippen LogP contribution in [0.15, 0.2) is 30.3 Å². The van der Waals surface area contributed by atoms with Gasteiger partial charge in [-0.25, -0.2) is 0 Å². The number of nitrogens with one attached hydrogen (secondary N) is 1. The third-order valence-corrected chi connectivity index (χ3v) is 8.94. The number of unbranched alkanes of at least 4 members (excludes halogenated alkanes) is 1. The van der Waals surface area contributed by atoms with E-state index in [2.05, 4.69) is 49.2 Å². The van der Waals surface area contributed by atoms with Gasteiger partial charge in [0.25, 0.3) is 0 Å². The van der Waals surface area contributed by atoms with Crippen LogP contribution < -0.4 is 5.32 Å². The first-order chi connectivity index (χ1) is 17.1. The van der Waals surface area contributed by atoms with E-state index in [4.69, 9.17) is 0 Å². The molecule has 2 aromatic rings. The van der Waals surface area contributed by atoms with Crippen molar-refractivity contribution in [3.8, 4) is 0 Å². The molecule has 4 rings (SSSR count). The number of nitrogens with zero attached hydrogens (tertiary/aromatic N) is 1. The highest BCUT2D eigenvalue weighted by Gasteiger charge is 2.42. The third-order valence-electron chi connectivity index (χ3n) is 7.78. The Labute approximate surface area is 217 Å². The molecule has 1 aromatic heterocycles. The van der Waals surface area contributed by atoms with Gasteiger partial charge in [-0.3, -0.25) is 9.69 Å². The number of carbonyl (C=O) groups is 1. The number of aryl methyl sites for hydroxylation is 1. The summed E-state index contributed by atoms with van der Waals surface area (Å²) in [6.45, 7) is 8.26. The molecule has 2 aliphatic rings. The number of hydrogen-bond acceptors (Lipinski definition) is 3. The Balaban J connectivity index is 1.32. The number of fused-ring (bicyclic) bond motifs is 1. The normalized spacial score (nSPS) is 22.7. The van der Waals surface area contributed by atoms with Crippen LogP contribution in [-0.2, 0) is 24.2 Å². The molecule has 3 nitrogen and oxygen atoms in total. The Hall–Kier alpha value is -1.86. The lowest BCUT2D eigenvalue weighted by Gasteiger charge is -2.35. The average molecular weight is 521 g/mol. The Morgan fingerprint density at radius 1 is 1.11 bits per heavy atom. The van der Waals surface area contributed by atoms with Crippen molar-refractivity contribution < 1.29 is 18.0 Å². The molecule has 1 saturated carbocycles. The fourth-order valence-electron chi connectivity index (χ4n) is 5.84. The Morgan fingerprint density at radius 3 is 2.39 bits per heavy atom. The molecule has 0 saturated heterocycles. The number of alkyl halides is 3. The van der Waals surface area contributed by atoms with Gasteiger partial charge in [-0.2, -0.15) is 13.2 Å². The average Bonchev–Trinajstić information content (AvgIpc) is 3.34. The summed E-state index contributed by atoms with van der Waals surface area (Å²) in [6.07, 6.45) is 1.55. The summed E-state index contributed by atoms with van der Waals surface area (Å²) >= 11 is 1.66. The minimum Gasteiger partial charge on any atom is -0.317 e. The van der Waals surface area contributed by atoms with Crippen molar-refractivity contribution in [3.05, 3.63) is 51.9 Å². The summed E-state index contributed by atoms with van der Waals surface area (Å²) in [5.74, 6) is -0.409. The van der Waals surface area contributed by atoms with E-state index in [9.17, 15) is 18.0 Å².